The van der Waals surface area contributed by atoms with E-state index >= 15 is 0 Å². The van der Waals surface area contributed by atoms with Gasteiger partial charge in [-0.25, -0.2) is 13.4 Å². The highest BCUT2D eigenvalue weighted by molar-refractivity contribution is 7.91. The first-order valence-electron chi connectivity index (χ1n) is 12.6. The summed E-state index contributed by atoms with van der Waals surface area (Å²) < 4.78 is 25.3. The average molecular weight is 504 g/mol. The molecule has 1 saturated heterocycles. The Hall–Kier alpha value is -3.03. The summed E-state index contributed by atoms with van der Waals surface area (Å²) in [6.45, 7) is 7.69. The molecule has 0 saturated carbocycles. The lowest BCUT2D eigenvalue weighted by atomic mass is 9.86. The number of nitrogens with zero attached hydrogens (tertiary/aromatic N) is 2. The molecule has 7 heteroatoms. The van der Waals surface area contributed by atoms with Crippen LogP contribution in [-0.4, -0.2) is 55.0 Å². The van der Waals surface area contributed by atoms with Crippen LogP contribution in [0.25, 0.3) is 33.1 Å². The lowest BCUT2D eigenvalue weighted by Crippen LogP contribution is -2.31. The van der Waals surface area contributed by atoms with Gasteiger partial charge in [0.25, 0.3) is 0 Å². The van der Waals surface area contributed by atoms with Crippen LogP contribution in [0, 0.1) is 19.8 Å². The predicted molar refractivity (Wildman–Crippen MR) is 145 cm³/mol. The number of piperidine rings is 1. The first-order valence-corrected chi connectivity index (χ1v) is 14.3. The van der Waals surface area contributed by atoms with Crippen LogP contribution in [0.15, 0.2) is 47.5 Å². The van der Waals surface area contributed by atoms with Crippen molar-refractivity contribution in [1.29, 1.82) is 0 Å². The summed E-state index contributed by atoms with van der Waals surface area (Å²) in [7, 11) is -1.24. The van der Waals surface area contributed by atoms with Crippen LogP contribution in [0.4, 0.5) is 0 Å². The van der Waals surface area contributed by atoms with Gasteiger partial charge in [0.2, 0.25) is 0 Å². The Kier molecular flexibility index (Phi) is 6.47. The highest BCUT2D eigenvalue weighted by atomic mass is 32.2. The minimum absolute atomic E-state index is 0.0380. The van der Waals surface area contributed by atoms with Crippen molar-refractivity contribution in [3.8, 4) is 11.1 Å². The van der Waals surface area contributed by atoms with E-state index in [1.54, 1.807) is 25.1 Å². The first-order chi connectivity index (χ1) is 17.2. The zero-order valence-corrected chi connectivity index (χ0v) is 22.2. The first kappa shape index (κ1) is 24.7. The van der Waals surface area contributed by atoms with E-state index < -0.39 is 9.84 Å². The van der Waals surface area contributed by atoms with Crippen molar-refractivity contribution in [3.05, 3.63) is 59.3 Å². The second-order valence-corrected chi connectivity index (χ2v) is 12.5. The molecular weight excluding hydrogens is 470 g/mol. The number of hydrogen-bond donors (Lipinski definition) is 1. The van der Waals surface area contributed by atoms with E-state index in [1.807, 2.05) is 32.2 Å². The fourth-order valence-corrected chi connectivity index (χ4v) is 6.30. The highest BCUT2D eigenvalue weighted by Crippen LogP contribution is 2.39. The molecule has 1 N–H and O–H groups in total. The van der Waals surface area contributed by atoms with Gasteiger partial charge in [-0.1, -0.05) is 19.1 Å². The quantitative estimate of drug-likeness (QED) is 0.341. The maximum atomic E-state index is 13.6. The maximum absolute atomic E-state index is 13.6. The van der Waals surface area contributed by atoms with Crippen LogP contribution in [0.1, 0.15) is 47.7 Å². The zero-order valence-electron chi connectivity index (χ0n) is 21.4. The molecule has 0 unspecified atom stereocenters. The van der Waals surface area contributed by atoms with Gasteiger partial charge in [0.15, 0.2) is 15.6 Å². The fraction of sp³-hybridized carbons (Fsp3) is 0.379. The molecule has 0 aliphatic carbocycles. The van der Waals surface area contributed by atoms with Gasteiger partial charge in [-0.15, -0.1) is 0 Å². The van der Waals surface area contributed by atoms with E-state index in [0.717, 1.165) is 70.1 Å². The predicted octanol–water partition coefficient (Wildman–Crippen LogP) is 5.71. The molecule has 0 amide bonds. The summed E-state index contributed by atoms with van der Waals surface area (Å²) >= 11 is 0. The molecule has 36 heavy (non-hydrogen) atoms. The van der Waals surface area contributed by atoms with Gasteiger partial charge >= 0.3 is 0 Å². The largest absolute Gasteiger partial charge is 0.339 e. The van der Waals surface area contributed by atoms with Gasteiger partial charge in [-0.3, -0.25) is 4.79 Å². The average Bonchev–Trinajstić information content (AvgIpc) is 3.25. The van der Waals surface area contributed by atoms with Crippen molar-refractivity contribution in [3.63, 3.8) is 0 Å². The number of aromatic amines is 1. The third-order valence-electron chi connectivity index (χ3n) is 7.62. The molecule has 1 aliphatic heterocycles. The van der Waals surface area contributed by atoms with E-state index in [0.29, 0.717) is 22.8 Å². The van der Waals surface area contributed by atoms with Crippen LogP contribution in [0.3, 0.4) is 0 Å². The number of H-pyrrole nitrogens is 1. The van der Waals surface area contributed by atoms with E-state index in [-0.39, 0.29) is 11.5 Å². The number of hydrogen-bond acceptors (Lipinski definition) is 5. The Labute approximate surface area is 212 Å². The van der Waals surface area contributed by atoms with Crippen molar-refractivity contribution in [2.75, 3.05) is 25.9 Å². The normalized spacial score (nSPS) is 15.7. The van der Waals surface area contributed by atoms with Gasteiger partial charge in [-0.2, -0.15) is 0 Å². The topological polar surface area (TPSA) is 83.1 Å². The third-order valence-corrected chi connectivity index (χ3v) is 9.35. The number of carbonyl (C=O) groups is 1. The summed E-state index contributed by atoms with van der Waals surface area (Å²) in [5.41, 5.74) is 5.94. The number of aromatic nitrogens is 2. The molecule has 2 aromatic heterocycles. The number of rotatable bonds is 6. The van der Waals surface area contributed by atoms with Gasteiger partial charge in [0.1, 0.15) is 5.65 Å². The summed E-state index contributed by atoms with van der Waals surface area (Å²) in [5.74, 6) is 0.568. The number of likely N-dealkylation sites (tertiary alicyclic amines) is 1. The van der Waals surface area contributed by atoms with Crippen molar-refractivity contribution < 1.29 is 13.2 Å². The highest BCUT2D eigenvalue weighted by Gasteiger charge is 2.24. The van der Waals surface area contributed by atoms with Crippen LogP contribution in [0.5, 0.6) is 0 Å². The number of sulfone groups is 1. The number of pyridine rings is 1. The smallest absolute Gasteiger partial charge is 0.178 e. The minimum atomic E-state index is -3.37. The second-order valence-electron chi connectivity index (χ2n) is 10.2. The van der Waals surface area contributed by atoms with Crippen LogP contribution >= 0.6 is 0 Å². The zero-order chi connectivity index (χ0) is 25.6. The Morgan fingerprint density at radius 1 is 1.14 bits per heavy atom. The molecule has 1 aliphatic rings. The Balaban J connectivity index is 1.71. The Morgan fingerprint density at radius 2 is 1.89 bits per heavy atom. The molecule has 188 valence electrons. The van der Waals surface area contributed by atoms with Gasteiger partial charge in [0.05, 0.1) is 16.2 Å². The van der Waals surface area contributed by atoms with E-state index in [2.05, 4.69) is 28.0 Å². The number of Topliss-reactive ketones (excluding diaryl/α,β-unsaturated/α-hetero) is 1. The van der Waals surface area contributed by atoms with Gasteiger partial charge in [-0.05, 0) is 99.3 Å². The van der Waals surface area contributed by atoms with Crippen LogP contribution in [0.2, 0.25) is 0 Å². The van der Waals surface area contributed by atoms with Crippen molar-refractivity contribution in [2.45, 2.75) is 44.9 Å². The third kappa shape index (κ3) is 4.46. The van der Waals surface area contributed by atoms with E-state index in [4.69, 9.17) is 0 Å². The monoisotopic (exact) mass is 503 g/mol. The van der Waals surface area contributed by atoms with Gasteiger partial charge < -0.3 is 9.88 Å². The van der Waals surface area contributed by atoms with E-state index in [9.17, 15) is 13.2 Å². The fourth-order valence-electron chi connectivity index (χ4n) is 5.37. The maximum Gasteiger partial charge on any atom is 0.178 e. The second kappa shape index (κ2) is 9.45. The van der Waals surface area contributed by atoms with Crippen LogP contribution in [-0.2, 0) is 9.84 Å². The van der Waals surface area contributed by atoms with Gasteiger partial charge in [0, 0.05) is 29.0 Å². The number of fused-ring (bicyclic) bond motifs is 3. The van der Waals surface area contributed by atoms with Crippen molar-refractivity contribution >= 4 is 37.6 Å². The van der Waals surface area contributed by atoms with Crippen molar-refractivity contribution in [2.24, 2.45) is 5.92 Å². The van der Waals surface area contributed by atoms with Crippen LogP contribution < -0.4 is 0 Å². The molecule has 1 fully saturated rings. The lowest BCUT2D eigenvalue weighted by Gasteiger charge is -2.28. The molecule has 6 nitrogen and oxygen atoms in total. The molecule has 5 rings (SSSR count). The molecule has 3 heterocycles. The minimum Gasteiger partial charge on any atom is -0.339 e. The molecule has 0 radical (unpaired) electrons. The molecule has 0 spiro atoms. The van der Waals surface area contributed by atoms with E-state index in [1.165, 1.54) is 0 Å². The summed E-state index contributed by atoms with van der Waals surface area (Å²) in [4.78, 5) is 24.3. The SMILES string of the molecule is CCS(=O)(=O)c1cccc(-c2cc(C(=O)CC3CCN(C)CC3)c(C)c3[nH]c4ncc(C)cc4c23)c1. The summed E-state index contributed by atoms with van der Waals surface area (Å²) in [6.07, 6.45) is 4.42. The number of ketones is 1. The summed E-state index contributed by atoms with van der Waals surface area (Å²) in [6, 6.07) is 11.1. The standard InChI is InChI=1S/C29H33N3O3S/c1-5-36(34,35)22-8-6-7-21(15-22)24-16-23(26(33)14-20-9-11-32(4)12-10-20)19(3)28-27(24)25-13-18(2)17-30-29(25)31-28/h6-8,13,15-17,20H,5,9-12,14H2,1-4H3,(H,30,31). The molecular formula is C29H33N3O3S. The molecule has 0 atom stereocenters. The molecule has 0 bridgehead atoms. The Bertz CT molecular complexity index is 1580. The number of nitrogens with one attached hydrogen (secondary N) is 1. The Morgan fingerprint density at radius 3 is 2.61 bits per heavy atom. The summed E-state index contributed by atoms with van der Waals surface area (Å²) in [5, 5.41) is 1.95. The number of carbonyl (C=O) groups excluding carboxylic acids is 1. The molecule has 2 aromatic carbocycles. The number of benzene rings is 2. The lowest BCUT2D eigenvalue weighted by molar-refractivity contribution is 0.0935. The van der Waals surface area contributed by atoms with Crippen molar-refractivity contribution in [1.82, 2.24) is 14.9 Å². The number of aryl methyl sites for hydroxylation is 2. The molecule has 4 aromatic rings.